The van der Waals surface area contributed by atoms with Crippen molar-refractivity contribution in [1.29, 1.82) is 0 Å². The van der Waals surface area contributed by atoms with Gasteiger partial charge < -0.3 is 10.1 Å². The van der Waals surface area contributed by atoms with Crippen LogP contribution in [0.1, 0.15) is 10.4 Å². The van der Waals surface area contributed by atoms with Gasteiger partial charge in [0.15, 0.2) is 27.6 Å². The zero-order chi connectivity index (χ0) is 22.0. The summed E-state index contributed by atoms with van der Waals surface area (Å²) in [5.74, 6) is -10.3. The predicted molar refractivity (Wildman–Crippen MR) is 109 cm³/mol. The SMILES string of the molecule is COc1c(F)c(F)c(C(=O)NC(=S)Nc2nc(-c3ccc(Cl)cc3)cs2)c(F)c1F. The topological polar surface area (TPSA) is 63.2 Å². The minimum atomic E-state index is -1.91. The molecule has 0 saturated heterocycles. The first-order valence-corrected chi connectivity index (χ1v) is 9.63. The lowest BCUT2D eigenvalue weighted by molar-refractivity contribution is 0.0966. The molecular weight excluding hydrogens is 466 g/mol. The number of anilines is 1. The number of hydrogen-bond donors (Lipinski definition) is 2. The molecule has 30 heavy (non-hydrogen) atoms. The molecule has 1 heterocycles. The van der Waals surface area contributed by atoms with Crippen LogP contribution in [0.4, 0.5) is 22.7 Å². The standard InChI is InChI=1S/C18H10ClF4N3O2S2/c1-28-15-13(22)11(20)10(12(21)14(15)23)16(27)25-17(29)26-18-24-9(6-30-18)7-2-4-8(19)5-3-7/h2-6H,1H3,(H2,24,25,26,27,29). The molecular formula is C18H10ClF4N3O2S2. The Morgan fingerprint density at radius 2 is 1.70 bits per heavy atom. The lowest BCUT2D eigenvalue weighted by Gasteiger charge is -2.12. The van der Waals surface area contributed by atoms with Gasteiger partial charge in [-0.25, -0.2) is 13.8 Å². The maximum Gasteiger partial charge on any atom is 0.263 e. The van der Waals surface area contributed by atoms with Crippen LogP contribution in [0, 0.1) is 23.3 Å². The maximum atomic E-state index is 14.0. The van der Waals surface area contributed by atoms with E-state index in [0.29, 0.717) is 10.7 Å². The monoisotopic (exact) mass is 475 g/mol. The molecule has 0 spiro atoms. The number of hydrogen-bond acceptors (Lipinski definition) is 5. The zero-order valence-corrected chi connectivity index (χ0v) is 17.2. The molecule has 0 bridgehead atoms. The van der Waals surface area contributed by atoms with E-state index in [4.69, 9.17) is 23.8 Å². The first kappa shape index (κ1) is 21.9. The Morgan fingerprint density at radius 1 is 1.10 bits per heavy atom. The van der Waals surface area contributed by atoms with Crippen molar-refractivity contribution in [1.82, 2.24) is 10.3 Å². The molecule has 3 rings (SSSR count). The molecule has 3 aromatic rings. The number of aromatic nitrogens is 1. The highest BCUT2D eigenvalue weighted by Crippen LogP contribution is 2.30. The summed E-state index contributed by atoms with van der Waals surface area (Å²) in [4.78, 5) is 16.4. The number of ether oxygens (including phenoxy) is 1. The minimum absolute atomic E-state index is 0.262. The fraction of sp³-hybridized carbons (Fsp3) is 0.0556. The van der Waals surface area contributed by atoms with E-state index in [0.717, 1.165) is 24.0 Å². The number of amides is 1. The van der Waals surface area contributed by atoms with Crippen molar-refractivity contribution < 1.29 is 27.1 Å². The van der Waals surface area contributed by atoms with Crippen molar-refractivity contribution in [2.24, 2.45) is 0 Å². The Kier molecular flexibility index (Phi) is 6.54. The maximum absolute atomic E-state index is 14.0. The summed E-state index contributed by atoms with van der Waals surface area (Å²) < 4.78 is 59.9. The molecule has 0 unspecified atom stereocenters. The highest BCUT2D eigenvalue weighted by molar-refractivity contribution is 7.80. The molecule has 5 nitrogen and oxygen atoms in total. The van der Waals surface area contributed by atoms with Crippen LogP contribution in [0.25, 0.3) is 11.3 Å². The highest BCUT2D eigenvalue weighted by Gasteiger charge is 2.30. The van der Waals surface area contributed by atoms with E-state index in [1.807, 2.05) is 5.32 Å². The first-order valence-electron chi connectivity index (χ1n) is 7.96. The normalized spacial score (nSPS) is 10.6. The van der Waals surface area contributed by atoms with Gasteiger partial charge in [-0.15, -0.1) is 11.3 Å². The van der Waals surface area contributed by atoms with Crippen LogP contribution in [0.3, 0.4) is 0 Å². The molecule has 0 aliphatic heterocycles. The summed E-state index contributed by atoms with van der Waals surface area (Å²) in [7, 11) is 0.825. The Bertz CT molecular complexity index is 1110. The van der Waals surface area contributed by atoms with E-state index >= 15 is 0 Å². The van der Waals surface area contributed by atoms with Gasteiger partial charge in [-0.05, 0) is 24.4 Å². The number of carbonyl (C=O) groups excluding carboxylic acids is 1. The average Bonchev–Trinajstić information content (AvgIpc) is 3.16. The molecule has 0 aliphatic rings. The Balaban J connectivity index is 1.75. The smallest absolute Gasteiger partial charge is 0.263 e. The third-order valence-electron chi connectivity index (χ3n) is 3.75. The van der Waals surface area contributed by atoms with Gasteiger partial charge in [0.25, 0.3) is 5.91 Å². The molecule has 0 radical (unpaired) electrons. The number of benzene rings is 2. The minimum Gasteiger partial charge on any atom is -0.491 e. The zero-order valence-electron chi connectivity index (χ0n) is 14.9. The number of carbonyl (C=O) groups is 1. The van der Waals surface area contributed by atoms with Crippen molar-refractivity contribution in [2.45, 2.75) is 0 Å². The molecule has 1 aromatic heterocycles. The van der Waals surface area contributed by atoms with E-state index in [1.165, 1.54) is 0 Å². The second-order valence-electron chi connectivity index (χ2n) is 5.62. The fourth-order valence-electron chi connectivity index (χ4n) is 2.37. The molecule has 1 amide bonds. The van der Waals surface area contributed by atoms with Crippen LogP contribution in [-0.2, 0) is 0 Å². The van der Waals surface area contributed by atoms with Gasteiger partial charge in [0, 0.05) is 16.0 Å². The Labute approximate surface area is 181 Å². The van der Waals surface area contributed by atoms with E-state index in [2.05, 4.69) is 15.0 Å². The van der Waals surface area contributed by atoms with Crippen molar-refractivity contribution in [2.75, 3.05) is 12.4 Å². The van der Waals surface area contributed by atoms with Crippen LogP contribution in [-0.4, -0.2) is 23.1 Å². The number of halogens is 5. The van der Waals surface area contributed by atoms with Crippen LogP contribution >= 0.6 is 35.2 Å². The van der Waals surface area contributed by atoms with E-state index in [9.17, 15) is 22.4 Å². The Morgan fingerprint density at radius 3 is 2.27 bits per heavy atom. The number of rotatable bonds is 4. The van der Waals surface area contributed by atoms with Gasteiger partial charge in [-0.3, -0.25) is 10.1 Å². The van der Waals surface area contributed by atoms with Gasteiger partial charge in [0.1, 0.15) is 5.56 Å². The number of nitrogens with one attached hydrogen (secondary N) is 2. The van der Waals surface area contributed by atoms with Crippen molar-refractivity contribution in [3.8, 4) is 17.0 Å². The largest absolute Gasteiger partial charge is 0.491 e. The van der Waals surface area contributed by atoms with Gasteiger partial charge in [-0.2, -0.15) is 8.78 Å². The lowest BCUT2D eigenvalue weighted by atomic mass is 10.1. The molecule has 0 aliphatic carbocycles. The van der Waals surface area contributed by atoms with Crippen LogP contribution < -0.4 is 15.4 Å². The molecule has 156 valence electrons. The third-order valence-corrected chi connectivity index (χ3v) is 4.96. The average molecular weight is 476 g/mol. The summed E-state index contributed by atoms with van der Waals surface area (Å²) in [6, 6.07) is 6.87. The third kappa shape index (κ3) is 4.37. The van der Waals surface area contributed by atoms with E-state index < -0.39 is 40.5 Å². The van der Waals surface area contributed by atoms with Crippen LogP contribution in [0.15, 0.2) is 29.6 Å². The summed E-state index contributed by atoms with van der Waals surface area (Å²) in [6.07, 6.45) is 0. The molecule has 0 fully saturated rings. The van der Waals surface area contributed by atoms with Crippen molar-refractivity contribution in [3.63, 3.8) is 0 Å². The molecule has 0 atom stereocenters. The van der Waals surface area contributed by atoms with Gasteiger partial charge >= 0.3 is 0 Å². The second-order valence-corrected chi connectivity index (χ2v) is 7.32. The van der Waals surface area contributed by atoms with Crippen molar-refractivity contribution >= 4 is 51.3 Å². The van der Waals surface area contributed by atoms with Gasteiger partial charge in [0.05, 0.1) is 12.8 Å². The van der Waals surface area contributed by atoms with E-state index in [1.54, 1.807) is 29.6 Å². The number of thiazole rings is 1. The van der Waals surface area contributed by atoms with Gasteiger partial charge in [-0.1, -0.05) is 23.7 Å². The quantitative estimate of drug-likeness (QED) is 0.310. The molecule has 0 saturated carbocycles. The highest BCUT2D eigenvalue weighted by atomic mass is 35.5. The van der Waals surface area contributed by atoms with Gasteiger partial charge in [0.2, 0.25) is 11.6 Å². The first-order chi connectivity index (χ1) is 14.2. The van der Waals surface area contributed by atoms with Crippen LogP contribution in [0.5, 0.6) is 5.75 Å². The van der Waals surface area contributed by atoms with E-state index in [-0.39, 0.29) is 10.2 Å². The fourth-order valence-corrected chi connectivity index (χ4v) is 3.47. The predicted octanol–water partition coefficient (Wildman–Crippen LogP) is 5.16. The molecule has 12 heteroatoms. The summed E-state index contributed by atoms with van der Waals surface area (Å²) in [6.45, 7) is 0. The number of thiocarbonyl (C=S) groups is 1. The lowest BCUT2D eigenvalue weighted by Crippen LogP contribution is -2.35. The summed E-state index contributed by atoms with van der Waals surface area (Å²) in [5, 5.41) is 6.65. The summed E-state index contributed by atoms with van der Waals surface area (Å²) in [5.41, 5.74) is -0.118. The molecule has 2 aromatic carbocycles. The Hall–Kier alpha value is -2.76. The van der Waals surface area contributed by atoms with Crippen LogP contribution in [0.2, 0.25) is 5.02 Å². The second kappa shape index (κ2) is 8.94. The molecule has 2 N–H and O–H groups in total. The number of methoxy groups -OCH3 is 1. The van der Waals surface area contributed by atoms with Crippen molar-refractivity contribution in [3.05, 3.63) is 63.5 Å². The summed E-state index contributed by atoms with van der Waals surface area (Å²) >= 11 is 11.9. The number of nitrogens with zero attached hydrogens (tertiary/aromatic N) is 1.